The molecule has 2 aromatic rings. The molecule has 0 radical (unpaired) electrons. The molecule has 0 spiro atoms. The summed E-state index contributed by atoms with van der Waals surface area (Å²) in [6.07, 6.45) is 0. The Labute approximate surface area is 125 Å². The topological polar surface area (TPSA) is 58.2 Å². The van der Waals surface area contributed by atoms with E-state index in [1.54, 1.807) is 30.3 Å². The predicted molar refractivity (Wildman–Crippen MR) is 82.0 cm³/mol. The van der Waals surface area contributed by atoms with Crippen molar-refractivity contribution in [1.82, 2.24) is 5.32 Å². The van der Waals surface area contributed by atoms with Crippen molar-refractivity contribution in [2.45, 2.75) is 10.8 Å². The Kier molecular flexibility index (Phi) is 4.62. The van der Waals surface area contributed by atoms with Gasteiger partial charge in [-0.1, -0.05) is 15.9 Å². The lowest BCUT2D eigenvalue weighted by Crippen LogP contribution is -2.11. The van der Waals surface area contributed by atoms with Gasteiger partial charge in [-0.25, -0.2) is 8.42 Å². The van der Waals surface area contributed by atoms with Gasteiger partial charge in [0, 0.05) is 21.6 Å². The molecule has 0 aliphatic heterocycles. The maximum atomic E-state index is 12.2. The molecule has 0 unspecified atom stereocenters. The normalized spacial score (nSPS) is 11.5. The summed E-state index contributed by atoms with van der Waals surface area (Å²) in [6.45, 7) is 0.665. The zero-order valence-corrected chi connectivity index (χ0v) is 13.4. The highest BCUT2D eigenvalue weighted by Crippen LogP contribution is 2.24. The molecule has 0 bridgehead atoms. The second kappa shape index (κ2) is 6.04. The van der Waals surface area contributed by atoms with Crippen LogP contribution in [0.15, 0.2) is 45.1 Å². The van der Waals surface area contributed by atoms with Crippen molar-refractivity contribution in [3.63, 3.8) is 0 Å². The molecule has 4 nitrogen and oxygen atoms in total. The first-order chi connectivity index (χ1) is 9.01. The fourth-order valence-electron chi connectivity index (χ4n) is 1.50. The first kappa shape index (κ1) is 14.5. The Hall–Kier alpha value is -0.890. The molecule has 0 saturated carbocycles. The summed E-state index contributed by atoms with van der Waals surface area (Å²) in [5.74, 6) is 0. The molecule has 2 N–H and O–H groups in total. The van der Waals surface area contributed by atoms with Crippen LogP contribution >= 0.6 is 27.3 Å². The van der Waals surface area contributed by atoms with Crippen LogP contribution in [0.4, 0.5) is 5.69 Å². The molecule has 102 valence electrons. The lowest BCUT2D eigenvalue weighted by molar-refractivity contribution is 0.603. The highest BCUT2D eigenvalue weighted by atomic mass is 79.9. The van der Waals surface area contributed by atoms with E-state index in [-0.39, 0.29) is 0 Å². The zero-order chi connectivity index (χ0) is 13.9. The number of hydrogen-bond donors (Lipinski definition) is 2. The Morgan fingerprint density at radius 1 is 1.16 bits per heavy atom. The maximum absolute atomic E-state index is 12.2. The molecule has 7 heteroatoms. The van der Waals surface area contributed by atoms with E-state index in [1.807, 2.05) is 13.1 Å². The fraction of sp³-hybridized carbons (Fsp3) is 0.167. The summed E-state index contributed by atoms with van der Waals surface area (Å²) in [6, 6.07) is 10.4. The molecule has 0 aliphatic rings. The summed E-state index contributed by atoms with van der Waals surface area (Å²) < 4.78 is 28.1. The number of halogens is 1. The number of benzene rings is 1. The number of rotatable bonds is 5. The van der Waals surface area contributed by atoms with Crippen LogP contribution in [0.3, 0.4) is 0 Å². The summed E-state index contributed by atoms with van der Waals surface area (Å²) in [4.78, 5) is 0.985. The number of anilines is 1. The van der Waals surface area contributed by atoms with Crippen molar-refractivity contribution in [2.75, 3.05) is 11.8 Å². The van der Waals surface area contributed by atoms with Gasteiger partial charge >= 0.3 is 0 Å². The molecule has 0 fully saturated rings. The van der Waals surface area contributed by atoms with Crippen LogP contribution in [0.5, 0.6) is 0 Å². The van der Waals surface area contributed by atoms with Crippen molar-refractivity contribution in [3.05, 3.63) is 45.7 Å². The van der Waals surface area contributed by atoms with Gasteiger partial charge in [-0.15, -0.1) is 11.3 Å². The van der Waals surface area contributed by atoms with Crippen molar-refractivity contribution >= 4 is 43.0 Å². The average Bonchev–Trinajstić information content (AvgIpc) is 2.82. The van der Waals surface area contributed by atoms with Crippen LogP contribution < -0.4 is 10.0 Å². The largest absolute Gasteiger partial charge is 0.315 e. The standard InChI is InChI=1S/C12H13BrN2O2S2/c1-14-8-11-6-7-12(18-11)19(16,17)15-10-4-2-9(13)3-5-10/h2-7,14-15H,8H2,1H3. The van der Waals surface area contributed by atoms with Crippen molar-refractivity contribution < 1.29 is 8.42 Å². The van der Waals surface area contributed by atoms with E-state index < -0.39 is 10.0 Å². The van der Waals surface area contributed by atoms with Crippen molar-refractivity contribution in [1.29, 1.82) is 0 Å². The lowest BCUT2D eigenvalue weighted by Gasteiger charge is -2.06. The van der Waals surface area contributed by atoms with E-state index in [4.69, 9.17) is 0 Å². The average molecular weight is 361 g/mol. The monoisotopic (exact) mass is 360 g/mol. The second-order valence-corrected chi connectivity index (χ2v) is 7.86. The minimum atomic E-state index is -3.50. The smallest absolute Gasteiger partial charge is 0.271 e. The number of thiophene rings is 1. The van der Waals surface area contributed by atoms with Gasteiger partial charge in [0.05, 0.1) is 0 Å². The third kappa shape index (κ3) is 3.79. The molecular formula is C12H13BrN2O2S2. The Morgan fingerprint density at radius 2 is 1.84 bits per heavy atom. The van der Waals surface area contributed by atoms with Gasteiger partial charge in [-0.2, -0.15) is 0 Å². The highest BCUT2D eigenvalue weighted by molar-refractivity contribution is 9.10. The first-order valence-electron chi connectivity index (χ1n) is 5.53. The predicted octanol–water partition coefficient (Wildman–Crippen LogP) is 3.03. The Bertz CT molecular complexity index is 651. The molecule has 1 heterocycles. The van der Waals surface area contributed by atoms with E-state index in [2.05, 4.69) is 26.0 Å². The molecule has 19 heavy (non-hydrogen) atoms. The molecule has 0 amide bonds. The van der Waals surface area contributed by atoms with Crippen LogP contribution in [-0.2, 0) is 16.6 Å². The van der Waals surface area contributed by atoms with Gasteiger partial charge < -0.3 is 5.32 Å². The lowest BCUT2D eigenvalue weighted by atomic mass is 10.3. The second-order valence-electron chi connectivity index (χ2n) is 3.86. The third-order valence-electron chi connectivity index (χ3n) is 2.35. The Morgan fingerprint density at radius 3 is 2.47 bits per heavy atom. The Balaban J connectivity index is 2.19. The van der Waals surface area contributed by atoms with Gasteiger partial charge in [0.2, 0.25) is 0 Å². The SMILES string of the molecule is CNCc1ccc(S(=O)(=O)Nc2ccc(Br)cc2)s1. The van der Waals surface area contributed by atoms with Crippen LogP contribution in [0.1, 0.15) is 4.88 Å². The quantitative estimate of drug-likeness (QED) is 0.861. The molecule has 1 aromatic heterocycles. The van der Waals surface area contributed by atoms with E-state index in [1.165, 1.54) is 11.3 Å². The van der Waals surface area contributed by atoms with Crippen LogP contribution in [0, 0.1) is 0 Å². The molecule has 2 rings (SSSR count). The van der Waals surface area contributed by atoms with Crippen molar-refractivity contribution in [3.8, 4) is 0 Å². The van der Waals surface area contributed by atoms with Gasteiger partial charge in [0.1, 0.15) is 4.21 Å². The van der Waals surface area contributed by atoms with Gasteiger partial charge in [0.25, 0.3) is 10.0 Å². The molecule has 0 aliphatic carbocycles. The van der Waals surface area contributed by atoms with Crippen molar-refractivity contribution in [2.24, 2.45) is 0 Å². The third-order valence-corrected chi connectivity index (χ3v) is 5.84. The zero-order valence-electron chi connectivity index (χ0n) is 10.2. The van der Waals surface area contributed by atoms with E-state index in [0.29, 0.717) is 16.4 Å². The molecular weight excluding hydrogens is 348 g/mol. The van der Waals surface area contributed by atoms with E-state index in [9.17, 15) is 8.42 Å². The van der Waals surface area contributed by atoms with Gasteiger partial charge in [0.15, 0.2) is 0 Å². The fourth-order valence-corrected chi connectivity index (χ4v) is 4.19. The highest BCUT2D eigenvalue weighted by Gasteiger charge is 2.16. The van der Waals surface area contributed by atoms with Gasteiger partial charge in [-0.3, -0.25) is 4.72 Å². The van der Waals surface area contributed by atoms with E-state index in [0.717, 1.165) is 9.35 Å². The van der Waals surface area contributed by atoms with Crippen LogP contribution in [0.2, 0.25) is 0 Å². The number of hydrogen-bond acceptors (Lipinski definition) is 4. The minimum Gasteiger partial charge on any atom is -0.315 e. The number of nitrogens with one attached hydrogen (secondary N) is 2. The summed E-state index contributed by atoms with van der Waals surface area (Å²) in [5.41, 5.74) is 0.548. The van der Waals surface area contributed by atoms with Gasteiger partial charge in [-0.05, 0) is 43.4 Å². The summed E-state index contributed by atoms with van der Waals surface area (Å²) >= 11 is 4.57. The van der Waals surface area contributed by atoms with E-state index >= 15 is 0 Å². The minimum absolute atomic E-state index is 0.320. The summed E-state index contributed by atoms with van der Waals surface area (Å²) in [7, 11) is -1.67. The van der Waals surface area contributed by atoms with Crippen LogP contribution in [-0.4, -0.2) is 15.5 Å². The maximum Gasteiger partial charge on any atom is 0.271 e. The summed E-state index contributed by atoms with van der Waals surface area (Å²) in [5, 5.41) is 2.99. The first-order valence-corrected chi connectivity index (χ1v) is 8.62. The number of sulfonamides is 1. The molecule has 0 atom stereocenters. The van der Waals surface area contributed by atoms with Crippen LogP contribution in [0.25, 0.3) is 0 Å². The molecule has 0 saturated heterocycles. The molecule has 1 aromatic carbocycles.